The van der Waals surface area contributed by atoms with E-state index < -0.39 is 0 Å². The molecule has 0 aromatic heterocycles. The van der Waals surface area contributed by atoms with E-state index >= 15 is 0 Å². The zero-order valence-electron chi connectivity index (χ0n) is 10.6. The van der Waals surface area contributed by atoms with Gasteiger partial charge in [0.2, 0.25) is 0 Å². The molecular formula is C14H20BrN3. The van der Waals surface area contributed by atoms with Crippen LogP contribution in [0, 0.1) is 5.92 Å². The summed E-state index contributed by atoms with van der Waals surface area (Å²) in [6.07, 6.45) is 2.69. The van der Waals surface area contributed by atoms with E-state index in [0.717, 1.165) is 23.5 Å². The van der Waals surface area contributed by atoms with Gasteiger partial charge in [0, 0.05) is 24.1 Å². The van der Waals surface area contributed by atoms with Crippen LogP contribution in [0.3, 0.4) is 0 Å². The standard InChI is InChI=1S/C14H20BrN3/c15-12-3-4-14-13(8-12)17-6-7-18(14)10-11-2-1-5-16-9-11/h3-4,8,11,16-17H,1-2,5-7,9-10H2. The molecule has 0 aliphatic carbocycles. The summed E-state index contributed by atoms with van der Waals surface area (Å²) in [5.41, 5.74) is 2.62. The van der Waals surface area contributed by atoms with Crippen molar-refractivity contribution in [3.05, 3.63) is 22.7 Å². The number of hydrogen-bond donors (Lipinski definition) is 2. The second-order valence-electron chi connectivity index (χ2n) is 5.25. The van der Waals surface area contributed by atoms with E-state index in [1.165, 1.54) is 43.9 Å². The third-order valence-electron chi connectivity index (χ3n) is 3.87. The van der Waals surface area contributed by atoms with Gasteiger partial charge in [-0.15, -0.1) is 0 Å². The number of halogens is 1. The smallest absolute Gasteiger partial charge is 0.0603 e. The summed E-state index contributed by atoms with van der Waals surface area (Å²) in [4.78, 5) is 2.54. The summed E-state index contributed by atoms with van der Waals surface area (Å²) in [6, 6.07) is 6.54. The van der Waals surface area contributed by atoms with Gasteiger partial charge in [-0.1, -0.05) is 15.9 Å². The number of fused-ring (bicyclic) bond motifs is 1. The molecule has 4 heteroatoms. The number of piperidine rings is 1. The van der Waals surface area contributed by atoms with Crippen LogP contribution in [0.15, 0.2) is 22.7 Å². The first-order chi connectivity index (χ1) is 8.83. The molecule has 3 rings (SSSR count). The van der Waals surface area contributed by atoms with Crippen molar-refractivity contribution in [3.63, 3.8) is 0 Å². The molecule has 0 saturated carbocycles. The second-order valence-corrected chi connectivity index (χ2v) is 6.16. The number of benzene rings is 1. The molecule has 1 saturated heterocycles. The molecular weight excluding hydrogens is 290 g/mol. The van der Waals surface area contributed by atoms with E-state index in [-0.39, 0.29) is 0 Å². The van der Waals surface area contributed by atoms with Crippen LogP contribution >= 0.6 is 15.9 Å². The lowest BCUT2D eigenvalue weighted by atomic mass is 9.98. The zero-order valence-corrected chi connectivity index (χ0v) is 12.2. The number of nitrogens with one attached hydrogen (secondary N) is 2. The number of hydrogen-bond acceptors (Lipinski definition) is 3. The first-order valence-corrected chi connectivity index (χ1v) is 7.61. The van der Waals surface area contributed by atoms with Crippen molar-refractivity contribution in [2.75, 3.05) is 42.9 Å². The molecule has 0 radical (unpaired) electrons. The van der Waals surface area contributed by atoms with Gasteiger partial charge in [0.25, 0.3) is 0 Å². The number of rotatable bonds is 2. The van der Waals surface area contributed by atoms with Gasteiger partial charge >= 0.3 is 0 Å². The predicted octanol–water partition coefficient (Wildman–Crippen LogP) is 2.68. The fourth-order valence-electron chi connectivity index (χ4n) is 2.95. The van der Waals surface area contributed by atoms with Gasteiger partial charge in [0.15, 0.2) is 0 Å². The summed E-state index contributed by atoms with van der Waals surface area (Å²) < 4.78 is 1.15. The molecule has 0 amide bonds. The summed E-state index contributed by atoms with van der Waals surface area (Å²) >= 11 is 3.54. The Balaban J connectivity index is 1.74. The minimum atomic E-state index is 0.799. The minimum absolute atomic E-state index is 0.799. The van der Waals surface area contributed by atoms with Gasteiger partial charge in [-0.3, -0.25) is 0 Å². The average Bonchev–Trinajstić information content (AvgIpc) is 2.40. The lowest BCUT2D eigenvalue weighted by Gasteiger charge is -2.36. The van der Waals surface area contributed by atoms with Crippen molar-refractivity contribution in [2.45, 2.75) is 12.8 Å². The van der Waals surface area contributed by atoms with Gasteiger partial charge < -0.3 is 15.5 Å². The van der Waals surface area contributed by atoms with Crippen molar-refractivity contribution >= 4 is 27.3 Å². The Morgan fingerprint density at radius 3 is 3.11 bits per heavy atom. The third kappa shape index (κ3) is 2.64. The molecule has 1 aromatic carbocycles. The topological polar surface area (TPSA) is 27.3 Å². The van der Waals surface area contributed by atoms with Crippen molar-refractivity contribution in [3.8, 4) is 0 Å². The summed E-state index contributed by atoms with van der Waals surface area (Å²) in [5, 5.41) is 6.99. The molecule has 1 unspecified atom stereocenters. The first kappa shape index (κ1) is 12.3. The highest BCUT2D eigenvalue weighted by Gasteiger charge is 2.21. The highest BCUT2D eigenvalue weighted by atomic mass is 79.9. The molecule has 1 atom stereocenters. The fraction of sp³-hybridized carbons (Fsp3) is 0.571. The van der Waals surface area contributed by atoms with Crippen LogP contribution < -0.4 is 15.5 Å². The second kappa shape index (κ2) is 5.49. The van der Waals surface area contributed by atoms with Gasteiger partial charge in [-0.25, -0.2) is 0 Å². The van der Waals surface area contributed by atoms with Crippen LogP contribution in [0.2, 0.25) is 0 Å². The molecule has 1 aromatic rings. The first-order valence-electron chi connectivity index (χ1n) is 6.82. The number of anilines is 2. The van der Waals surface area contributed by atoms with Crippen LogP contribution in [0.1, 0.15) is 12.8 Å². The van der Waals surface area contributed by atoms with E-state index in [1.54, 1.807) is 0 Å². The third-order valence-corrected chi connectivity index (χ3v) is 4.37. The number of nitrogens with zero attached hydrogens (tertiary/aromatic N) is 1. The van der Waals surface area contributed by atoms with E-state index in [0.29, 0.717) is 0 Å². The highest BCUT2D eigenvalue weighted by Crippen LogP contribution is 2.32. The fourth-order valence-corrected chi connectivity index (χ4v) is 3.31. The molecule has 2 aliphatic rings. The maximum atomic E-state index is 3.54. The van der Waals surface area contributed by atoms with Crippen LogP contribution in [0.5, 0.6) is 0 Å². The Morgan fingerprint density at radius 1 is 1.33 bits per heavy atom. The molecule has 2 heterocycles. The van der Waals surface area contributed by atoms with Gasteiger partial charge in [-0.05, 0) is 50.0 Å². The van der Waals surface area contributed by atoms with Crippen LogP contribution in [0.4, 0.5) is 11.4 Å². The maximum Gasteiger partial charge on any atom is 0.0603 e. The van der Waals surface area contributed by atoms with Gasteiger partial charge in [0.05, 0.1) is 11.4 Å². The summed E-state index contributed by atoms with van der Waals surface area (Å²) in [5.74, 6) is 0.799. The van der Waals surface area contributed by atoms with Crippen molar-refractivity contribution < 1.29 is 0 Å². The van der Waals surface area contributed by atoms with Crippen molar-refractivity contribution in [1.29, 1.82) is 0 Å². The predicted molar refractivity (Wildman–Crippen MR) is 80.4 cm³/mol. The molecule has 1 fully saturated rings. The molecule has 18 heavy (non-hydrogen) atoms. The van der Waals surface area contributed by atoms with Crippen molar-refractivity contribution in [1.82, 2.24) is 5.32 Å². The molecule has 0 bridgehead atoms. The average molecular weight is 310 g/mol. The minimum Gasteiger partial charge on any atom is -0.382 e. The monoisotopic (exact) mass is 309 g/mol. The van der Waals surface area contributed by atoms with Gasteiger partial charge in [0.1, 0.15) is 0 Å². The molecule has 98 valence electrons. The molecule has 3 nitrogen and oxygen atoms in total. The lowest BCUT2D eigenvalue weighted by Crippen LogP contribution is -2.42. The Hall–Kier alpha value is -0.740. The molecule has 2 aliphatic heterocycles. The molecule has 2 N–H and O–H groups in total. The largest absolute Gasteiger partial charge is 0.382 e. The Labute approximate surface area is 117 Å². The van der Waals surface area contributed by atoms with Crippen LogP contribution in [0.25, 0.3) is 0 Å². The van der Waals surface area contributed by atoms with E-state index in [1.807, 2.05) is 0 Å². The maximum absolute atomic E-state index is 3.54. The summed E-state index contributed by atoms with van der Waals surface area (Å²) in [7, 11) is 0. The Morgan fingerprint density at radius 2 is 2.28 bits per heavy atom. The van der Waals surface area contributed by atoms with E-state index in [9.17, 15) is 0 Å². The Bertz CT molecular complexity index is 416. The van der Waals surface area contributed by atoms with Crippen LogP contribution in [-0.2, 0) is 0 Å². The molecule has 0 spiro atoms. The van der Waals surface area contributed by atoms with Crippen LogP contribution in [-0.4, -0.2) is 32.7 Å². The van der Waals surface area contributed by atoms with E-state index in [2.05, 4.69) is 49.7 Å². The normalized spacial score (nSPS) is 23.4. The quantitative estimate of drug-likeness (QED) is 0.879. The summed E-state index contributed by atoms with van der Waals surface area (Å²) in [6.45, 7) is 5.72. The van der Waals surface area contributed by atoms with Gasteiger partial charge in [-0.2, -0.15) is 0 Å². The van der Waals surface area contributed by atoms with E-state index in [4.69, 9.17) is 0 Å². The Kier molecular flexibility index (Phi) is 3.75. The highest BCUT2D eigenvalue weighted by molar-refractivity contribution is 9.10. The van der Waals surface area contributed by atoms with Crippen molar-refractivity contribution in [2.24, 2.45) is 5.92 Å². The lowest BCUT2D eigenvalue weighted by molar-refractivity contribution is 0.377. The zero-order chi connectivity index (χ0) is 12.4. The SMILES string of the molecule is Brc1ccc2c(c1)NCCN2CC1CCCNC1.